The van der Waals surface area contributed by atoms with E-state index < -0.39 is 0 Å². The van der Waals surface area contributed by atoms with Crippen LogP contribution >= 0.6 is 11.3 Å². The van der Waals surface area contributed by atoms with Crippen molar-refractivity contribution in [3.63, 3.8) is 0 Å². The van der Waals surface area contributed by atoms with Crippen molar-refractivity contribution in [3.8, 4) is 0 Å². The van der Waals surface area contributed by atoms with Crippen molar-refractivity contribution >= 4 is 27.3 Å². The van der Waals surface area contributed by atoms with Crippen LogP contribution in [0.5, 0.6) is 0 Å². The van der Waals surface area contributed by atoms with E-state index in [2.05, 4.69) is 39.4 Å². The molecule has 5 rings (SSSR count). The molecule has 1 fully saturated rings. The van der Waals surface area contributed by atoms with Gasteiger partial charge in [-0.15, -0.1) is 5.10 Å². The van der Waals surface area contributed by atoms with Gasteiger partial charge in [-0.1, -0.05) is 41.7 Å². The minimum absolute atomic E-state index is 0.0203. The van der Waals surface area contributed by atoms with Gasteiger partial charge >= 0.3 is 0 Å². The number of piperidine rings is 1. The minimum Gasteiger partial charge on any atom is -0.355 e. The van der Waals surface area contributed by atoms with Crippen LogP contribution in [-0.4, -0.2) is 58.6 Å². The molecule has 34 heavy (non-hydrogen) atoms. The van der Waals surface area contributed by atoms with Gasteiger partial charge in [-0.05, 0) is 51.1 Å². The van der Waals surface area contributed by atoms with Crippen LogP contribution in [0.1, 0.15) is 42.5 Å². The van der Waals surface area contributed by atoms with E-state index in [9.17, 15) is 9.59 Å². The lowest BCUT2D eigenvalue weighted by Crippen LogP contribution is -2.44. The molecule has 8 nitrogen and oxygen atoms in total. The quantitative estimate of drug-likeness (QED) is 0.560. The summed E-state index contributed by atoms with van der Waals surface area (Å²) in [6.07, 6.45) is 5.61. The first-order chi connectivity index (χ1) is 16.6. The summed E-state index contributed by atoms with van der Waals surface area (Å²) in [6.45, 7) is 3.76. The zero-order valence-electron chi connectivity index (χ0n) is 19.7. The Labute approximate surface area is 203 Å². The Kier molecular flexibility index (Phi) is 6.92. The number of nitrogens with zero attached hydrogens (tertiary/aromatic N) is 5. The molecule has 3 heterocycles. The van der Waals surface area contributed by atoms with Crippen LogP contribution in [0.3, 0.4) is 0 Å². The third-order valence-electron chi connectivity index (χ3n) is 6.82. The van der Waals surface area contributed by atoms with Crippen LogP contribution in [0.25, 0.3) is 4.96 Å². The monoisotopic (exact) mass is 480 g/mol. The van der Waals surface area contributed by atoms with Crippen LogP contribution in [0.4, 0.5) is 5.13 Å². The highest BCUT2D eigenvalue weighted by Gasteiger charge is 2.28. The van der Waals surface area contributed by atoms with Crippen molar-refractivity contribution in [1.29, 1.82) is 0 Å². The van der Waals surface area contributed by atoms with Crippen LogP contribution in [0.2, 0.25) is 0 Å². The summed E-state index contributed by atoms with van der Waals surface area (Å²) < 4.78 is 1.47. The van der Waals surface area contributed by atoms with Gasteiger partial charge in [-0.3, -0.25) is 9.59 Å². The van der Waals surface area contributed by atoms with Crippen molar-refractivity contribution in [3.05, 3.63) is 57.5 Å². The molecule has 0 saturated carbocycles. The molecule has 0 unspecified atom stereocenters. The average Bonchev–Trinajstić information content (AvgIpc) is 3.29. The van der Waals surface area contributed by atoms with E-state index in [1.165, 1.54) is 21.4 Å². The smallest absolute Gasteiger partial charge is 0.278 e. The van der Waals surface area contributed by atoms with Gasteiger partial charge in [0.2, 0.25) is 16.0 Å². The normalized spacial score (nSPS) is 18.3. The second kappa shape index (κ2) is 10.2. The summed E-state index contributed by atoms with van der Waals surface area (Å²) in [5.74, 6) is 0.0303. The van der Waals surface area contributed by atoms with Gasteiger partial charge in [0.1, 0.15) is 0 Å². The molecule has 2 aliphatic rings. The van der Waals surface area contributed by atoms with E-state index in [1.807, 2.05) is 18.2 Å². The molecule has 0 spiro atoms. The predicted molar refractivity (Wildman–Crippen MR) is 134 cm³/mol. The summed E-state index contributed by atoms with van der Waals surface area (Å²) in [7, 11) is 2.07. The molecule has 1 N–H and O–H groups in total. The molecule has 2 aromatic heterocycles. The first-order valence-corrected chi connectivity index (χ1v) is 13.1. The number of benzene rings is 1. The first kappa shape index (κ1) is 23.0. The molecule has 0 bridgehead atoms. The third kappa shape index (κ3) is 5.00. The summed E-state index contributed by atoms with van der Waals surface area (Å²) in [6, 6.07) is 10.4. The molecular weight excluding hydrogens is 448 g/mol. The van der Waals surface area contributed by atoms with Gasteiger partial charge in [0.25, 0.3) is 5.56 Å². The Morgan fingerprint density at radius 1 is 1.21 bits per heavy atom. The van der Waals surface area contributed by atoms with Crippen molar-refractivity contribution in [2.45, 2.75) is 45.1 Å². The van der Waals surface area contributed by atoms with Crippen molar-refractivity contribution in [1.82, 2.24) is 24.8 Å². The molecule has 0 radical (unpaired) electrons. The van der Waals surface area contributed by atoms with Gasteiger partial charge in [0, 0.05) is 38.3 Å². The maximum atomic E-state index is 12.9. The lowest BCUT2D eigenvalue weighted by molar-refractivity contribution is -0.125. The maximum Gasteiger partial charge on any atom is 0.278 e. The first-order valence-electron chi connectivity index (χ1n) is 12.3. The van der Waals surface area contributed by atoms with E-state index in [0.29, 0.717) is 18.1 Å². The summed E-state index contributed by atoms with van der Waals surface area (Å²) in [5.41, 5.74) is 3.02. The molecule has 9 heteroatoms. The lowest BCUT2D eigenvalue weighted by Gasteiger charge is -2.31. The fourth-order valence-corrected chi connectivity index (χ4v) is 5.89. The number of likely N-dealkylation sites (N-methyl/N-ethyl adjacent to an activating group) is 1. The zero-order valence-corrected chi connectivity index (χ0v) is 20.5. The van der Waals surface area contributed by atoms with Crippen LogP contribution in [0.15, 0.2) is 35.1 Å². The highest BCUT2D eigenvalue weighted by atomic mass is 32.1. The fourth-order valence-electron chi connectivity index (χ4n) is 4.94. The number of carbonyl (C=O) groups excluding carboxylic acids is 1. The Bertz CT molecular complexity index is 1210. The number of amides is 1. The summed E-state index contributed by atoms with van der Waals surface area (Å²) >= 11 is 1.46. The van der Waals surface area contributed by atoms with Gasteiger partial charge in [0.05, 0.1) is 11.6 Å². The highest BCUT2D eigenvalue weighted by molar-refractivity contribution is 7.20. The molecule has 1 aromatic carbocycles. The average molecular weight is 481 g/mol. The van der Waals surface area contributed by atoms with Gasteiger partial charge < -0.3 is 15.1 Å². The van der Waals surface area contributed by atoms with Crippen LogP contribution < -0.4 is 15.8 Å². The zero-order chi connectivity index (χ0) is 23.5. The van der Waals surface area contributed by atoms with E-state index in [-0.39, 0.29) is 17.4 Å². The number of nitrogens with one attached hydrogen (secondary N) is 1. The number of carbonyl (C=O) groups is 1. The second-order valence-electron chi connectivity index (χ2n) is 9.43. The Hall–Kier alpha value is -2.78. The van der Waals surface area contributed by atoms with Crippen LogP contribution in [0, 0.1) is 5.92 Å². The molecule has 180 valence electrons. The SMILES string of the molecule is CN(CCNC(=O)[C@@H]1CCCN(c2nn3c(=O)c4c(nc3s2)CCCC4)C1)Cc1ccccc1. The molecular formula is C25H32N6O2S. The Morgan fingerprint density at radius 3 is 2.88 bits per heavy atom. The molecule has 3 aromatic rings. The molecule has 1 aliphatic heterocycles. The Morgan fingerprint density at radius 2 is 2.03 bits per heavy atom. The van der Waals surface area contributed by atoms with Gasteiger partial charge in [-0.25, -0.2) is 4.98 Å². The standard InChI is InChI=1S/C25H32N6O2S/c1-29(16-18-8-3-2-4-9-18)15-13-26-22(32)19-10-7-14-30(17-19)25-28-31-23(33)20-11-5-6-12-21(20)27-24(31)34-25/h2-4,8-9,19H,5-7,10-17H2,1H3,(H,26,32)/t19-/m1/s1. The maximum absolute atomic E-state index is 12.9. The number of hydrogen-bond donors (Lipinski definition) is 1. The topological polar surface area (TPSA) is 82.8 Å². The second-order valence-corrected chi connectivity index (χ2v) is 10.4. The Balaban J connectivity index is 1.18. The lowest BCUT2D eigenvalue weighted by atomic mass is 9.97. The number of hydrogen-bond acceptors (Lipinski definition) is 7. The molecule has 1 aliphatic carbocycles. The van der Waals surface area contributed by atoms with Gasteiger partial charge in [-0.2, -0.15) is 4.52 Å². The summed E-state index contributed by atoms with van der Waals surface area (Å²) in [4.78, 5) is 35.5. The highest BCUT2D eigenvalue weighted by Crippen LogP contribution is 2.28. The molecule has 1 atom stereocenters. The number of anilines is 1. The van der Waals surface area contributed by atoms with E-state index in [1.54, 1.807) is 0 Å². The van der Waals surface area contributed by atoms with E-state index in [4.69, 9.17) is 4.98 Å². The van der Waals surface area contributed by atoms with Crippen molar-refractivity contribution in [2.24, 2.45) is 5.92 Å². The summed E-state index contributed by atoms with van der Waals surface area (Å²) in [5, 5.41) is 8.52. The van der Waals surface area contributed by atoms with E-state index in [0.717, 1.165) is 74.5 Å². The van der Waals surface area contributed by atoms with Crippen molar-refractivity contribution in [2.75, 3.05) is 38.1 Å². The minimum atomic E-state index is -0.0712. The third-order valence-corrected chi connectivity index (χ3v) is 7.79. The number of aromatic nitrogens is 3. The molecule has 1 amide bonds. The van der Waals surface area contributed by atoms with Gasteiger partial charge in [0.15, 0.2) is 0 Å². The number of rotatable bonds is 7. The fraction of sp³-hybridized carbons (Fsp3) is 0.520. The van der Waals surface area contributed by atoms with E-state index >= 15 is 0 Å². The number of fused-ring (bicyclic) bond motifs is 2. The molecule has 1 saturated heterocycles. The largest absolute Gasteiger partial charge is 0.355 e. The van der Waals surface area contributed by atoms with Crippen molar-refractivity contribution < 1.29 is 4.79 Å². The predicted octanol–water partition coefficient (Wildman–Crippen LogP) is 2.49. The number of aryl methyl sites for hydroxylation is 1. The van der Waals surface area contributed by atoms with Crippen LogP contribution in [-0.2, 0) is 24.2 Å².